The van der Waals surface area contributed by atoms with E-state index in [0.29, 0.717) is 37.7 Å². The Hall–Kier alpha value is -2.53. The molecule has 4 aromatic rings. The van der Waals surface area contributed by atoms with Crippen LogP contribution in [0.1, 0.15) is 5.56 Å². The highest BCUT2D eigenvalue weighted by Crippen LogP contribution is 2.32. The van der Waals surface area contributed by atoms with E-state index in [-0.39, 0.29) is 12.3 Å². The van der Waals surface area contributed by atoms with E-state index in [1.165, 1.54) is 0 Å². The van der Waals surface area contributed by atoms with Gasteiger partial charge in [-0.15, -0.1) is 0 Å². The zero-order valence-corrected chi connectivity index (χ0v) is 16.6. The number of benzene rings is 3. The molecule has 0 fully saturated rings. The van der Waals surface area contributed by atoms with Gasteiger partial charge >= 0.3 is 0 Å². The third-order valence-electron chi connectivity index (χ3n) is 4.10. The fourth-order valence-corrected chi connectivity index (χ4v) is 3.42. The minimum absolute atomic E-state index is 0.113. The molecule has 0 saturated heterocycles. The first-order valence-electron chi connectivity index (χ1n) is 8.38. The fraction of sp³-hybridized carbons (Fsp3) is 0.0476. The molecule has 1 amide bonds. The number of halogens is 3. The van der Waals surface area contributed by atoms with Crippen LogP contribution in [0, 0.1) is 0 Å². The highest BCUT2D eigenvalue weighted by Gasteiger charge is 2.12. The molecule has 0 spiro atoms. The number of carbonyl (C=O) groups is 1. The quantitative estimate of drug-likeness (QED) is 0.394. The Morgan fingerprint density at radius 3 is 2.36 bits per heavy atom. The van der Waals surface area contributed by atoms with Gasteiger partial charge in [0.05, 0.1) is 11.4 Å². The van der Waals surface area contributed by atoms with E-state index in [4.69, 9.17) is 39.2 Å². The van der Waals surface area contributed by atoms with Crippen LogP contribution in [0.2, 0.25) is 15.1 Å². The Bertz CT molecular complexity index is 1150. The van der Waals surface area contributed by atoms with Crippen LogP contribution in [0.4, 0.5) is 5.69 Å². The average molecular weight is 432 g/mol. The van der Waals surface area contributed by atoms with Gasteiger partial charge in [0.25, 0.3) is 0 Å². The molecule has 0 unspecified atom stereocenters. The second-order valence-corrected chi connectivity index (χ2v) is 7.46. The standard InChI is InChI=1S/C21H13Cl3N2O2/c22-14-5-1-12(2-6-14)9-19(27)25-16-7-3-13(4-8-16)21-26-18-11-15(23)10-17(24)20(18)28-21/h1-8,10-11H,9H2,(H,25,27). The first-order chi connectivity index (χ1) is 13.5. The molecule has 3 aromatic carbocycles. The molecule has 7 heteroatoms. The van der Waals surface area contributed by atoms with E-state index in [1.807, 2.05) is 24.3 Å². The second kappa shape index (κ2) is 7.84. The topological polar surface area (TPSA) is 55.1 Å². The average Bonchev–Trinajstić information content (AvgIpc) is 3.08. The summed E-state index contributed by atoms with van der Waals surface area (Å²) in [7, 11) is 0. The summed E-state index contributed by atoms with van der Waals surface area (Å²) in [5.41, 5.74) is 3.41. The zero-order valence-electron chi connectivity index (χ0n) is 14.4. The molecule has 0 saturated carbocycles. The van der Waals surface area contributed by atoms with E-state index >= 15 is 0 Å². The molecule has 0 atom stereocenters. The molecule has 1 N–H and O–H groups in total. The lowest BCUT2D eigenvalue weighted by Gasteiger charge is -2.06. The molecule has 1 heterocycles. The first-order valence-corrected chi connectivity index (χ1v) is 9.51. The third kappa shape index (κ3) is 4.14. The maximum Gasteiger partial charge on any atom is 0.228 e. The molecule has 0 bridgehead atoms. The van der Waals surface area contributed by atoms with Crippen molar-refractivity contribution >= 4 is 57.5 Å². The van der Waals surface area contributed by atoms with Gasteiger partial charge in [0.1, 0.15) is 5.52 Å². The Morgan fingerprint density at radius 1 is 0.929 bits per heavy atom. The van der Waals surface area contributed by atoms with Gasteiger partial charge in [0.2, 0.25) is 11.8 Å². The van der Waals surface area contributed by atoms with Crippen molar-refractivity contribution in [1.82, 2.24) is 4.98 Å². The summed E-state index contributed by atoms with van der Waals surface area (Å²) < 4.78 is 5.75. The van der Waals surface area contributed by atoms with Crippen LogP contribution in [-0.2, 0) is 11.2 Å². The Balaban J connectivity index is 1.48. The molecule has 1 aromatic heterocycles. The number of anilines is 1. The summed E-state index contributed by atoms with van der Waals surface area (Å²) in [6, 6.07) is 17.7. The van der Waals surface area contributed by atoms with Crippen molar-refractivity contribution in [3.63, 3.8) is 0 Å². The van der Waals surface area contributed by atoms with Crippen molar-refractivity contribution in [2.75, 3.05) is 5.32 Å². The van der Waals surface area contributed by atoms with Gasteiger partial charge in [-0.1, -0.05) is 46.9 Å². The third-order valence-corrected chi connectivity index (χ3v) is 4.85. The Labute approximate surface area is 176 Å². The summed E-state index contributed by atoms with van der Waals surface area (Å²) in [4.78, 5) is 16.6. The van der Waals surface area contributed by atoms with Gasteiger partial charge in [-0.25, -0.2) is 4.98 Å². The zero-order chi connectivity index (χ0) is 19.7. The number of hydrogen-bond donors (Lipinski definition) is 1. The second-order valence-electron chi connectivity index (χ2n) is 6.18. The van der Waals surface area contributed by atoms with E-state index in [0.717, 1.165) is 11.1 Å². The minimum atomic E-state index is -0.113. The predicted molar refractivity (Wildman–Crippen MR) is 113 cm³/mol. The molecular formula is C21H13Cl3N2O2. The van der Waals surface area contributed by atoms with Gasteiger partial charge in [-0.2, -0.15) is 0 Å². The van der Waals surface area contributed by atoms with Crippen LogP contribution in [0.25, 0.3) is 22.6 Å². The number of hydrogen-bond acceptors (Lipinski definition) is 3. The summed E-state index contributed by atoms with van der Waals surface area (Å²) in [5, 5.41) is 4.41. The van der Waals surface area contributed by atoms with E-state index in [1.54, 1.807) is 36.4 Å². The summed E-state index contributed by atoms with van der Waals surface area (Å²) >= 11 is 18.0. The molecule has 4 rings (SSSR count). The molecule has 0 aliphatic carbocycles. The summed E-state index contributed by atoms with van der Waals surface area (Å²) in [6.45, 7) is 0. The van der Waals surface area contributed by atoms with Crippen molar-refractivity contribution in [3.8, 4) is 11.5 Å². The number of amides is 1. The number of oxazole rings is 1. The lowest BCUT2D eigenvalue weighted by Crippen LogP contribution is -2.14. The van der Waals surface area contributed by atoms with Crippen LogP contribution in [0.15, 0.2) is 65.1 Å². The SMILES string of the molecule is O=C(Cc1ccc(Cl)cc1)Nc1ccc(-c2nc3cc(Cl)cc(Cl)c3o2)cc1. The molecular weight excluding hydrogens is 419 g/mol. The van der Waals surface area contributed by atoms with Gasteiger partial charge in [-0.05, 0) is 54.1 Å². The Kier molecular flexibility index (Phi) is 5.27. The van der Waals surface area contributed by atoms with E-state index < -0.39 is 0 Å². The largest absolute Gasteiger partial charge is 0.435 e. The van der Waals surface area contributed by atoms with Crippen LogP contribution >= 0.6 is 34.8 Å². The number of carbonyl (C=O) groups excluding carboxylic acids is 1. The molecule has 0 radical (unpaired) electrons. The van der Waals surface area contributed by atoms with E-state index in [9.17, 15) is 4.79 Å². The van der Waals surface area contributed by atoms with Crippen molar-refractivity contribution in [2.24, 2.45) is 0 Å². The molecule has 0 aliphatic rings. The van der Waals surface area contributed by atoms with Crippen molar-refractivity contribution < 1.29 is 9.21 Å². The molecule has 140 valence electrons. The summed E-state index contributed by atoms with van der Waals surface area (Å²) in [5.74, 6) is 0.316. The van der Waals surface area contributed by atoms with Crippen LogP contribution in [0.3, 0.4) is 0 Å². The van der Waals surface area contributed by atoms with Gasteiger partial charge < -0.3 is 9.73 Å². The first kappa shape index (κ1) is 18.8. The smallest absolute Gasteiger partial charge is 0.228 e. The maximum atomic E-state index is 12.2. The number of nitrogens with zero attached hydrogens (tertiary/aromatic N) is 1. The van der Waals surface area contributed by atoms with E-state index in [2.05, 4.69) is 10.3 Å². The number of rotatable bonds is 4. The molecule has 4 nitrogen and oxygen atoms in total. The van der Waals surface area contributed by atoms with Crippen molar-refractivity contribution in [2.45, 2.75) is 6.42 Å². The van der Waals surface area contributed by atoms with Crippen molar-refractivity contribution in [3.05, 3.63) is 81.3 Å². The Morgan fingerprint density at radius 2 is 1.64 bits per heavy atom. The predicted octanol–water partition coefficient (Wildman–Crippen LogP) is 6.64. The summed E-state index contributed by atoms with van der Waals surface area (Å²) in [6.07, 6.45) is 0.267. The highest BCUT2D eigenvalue weighted by atomic mass is 35.5. The monoisotopic (exact) mass is 430 g/mol. The van der Waals surface area contributed by atoms with Crippen LogP contribution in [-0.4, -0.2) is 10.9 Å². The maximum absolute atomic E-state index is 12.2. The molecule has 0 aliphatic heterocycles. The fourth-order valence-electron chi connectivity index (χ4n) is 2.77. The lowest BCUT2D eigenvalue weighted by molar-refractivity contribution is -0.115. The molecule has 28 heavy (non-hydrogen) atoms. The van der Waals surface area contributed by atoms with Crippen LogP contribution in [0.5, 0.6) is 0 Å². The van der Waals surface area contributed by atoms with Gasteiger partial charge in [0, 0.05) is 21.3 Å². The number of aromatic nitrogens is 1. The number of fused-ring (bicyclic) bond motifs is 1. The normalized spacial score (nSPS) is 11.0. The van der Waals surface area contributed by atoms with Crippen LogP contribution < -0.4 is 5.32 Å². The minimum Gasteiger partial charge on any atom is -0.435 e. The number of nitrogens with one attached hydrogen (secondary N) is 1. The van der Waals surface area contributed by atoms with Gasteiger partial charge in [-0.3, -0.25) is 4.79 Å². The van der Waals surface area contributed by atoms with Crippen molar-refractivity contribution in [1.29, 1.82) is 0 Å². The lowest BCUT2D eigenvalue weighted by atomic mass is 10.1. The van der Waals surface area contributed by atoms with Gasteiger partial charge in [0.15, 0.2) is 5.58 Å². The highest BCUT2D eigenvalue weighted by molar-refractivity contribution is 6.38.